The van der Waals surface area contributed by atoms with Gasteiger partial charge in [-0.2, -0.15) is 0 Å². The van der Waals surface area contributed by atoms with Gasteiger partial charge in [0.2, 0.25) is 5.91 Å². The highest BCUT2D eigenvalue weighted by Crippen LogP contribution is 2.27. The Morgan fingerprint density at radius 2 is 2.24 bits per heavy atom. The Hall–Kier alpha value is -1.59. The monoisotopic (exact) mass is 290 g/mol. The van der Waals surface area contributed by atoms with E-state index in [1.165, 1.54) is 6.42 Å². The topological polar surface area (TPSA) is 59.6 Å². The van der Waals surface area contributed by atoms with Crippen LogP contribution in [0.1, 0.15) is 24.8 Å². The second-order valence-electron chi connectivity index (χ2n) is 5.58. The number of hydrogen-bond acceptors (Lipinski definition) is 4. The summed E-state index contributed by atoms with van der Waals surface area (Å²) in [5, 5.41) is 6.11. The Kier molecular flexibility index (Phi) is 4.72. The SMILES string of the molecule is O=C(NCc1ccccc1OC1CCC1)C1COCCN1. The van der Waals surface area contributed by atoms with E-state index < -0.39 is 0 Å². The molecule has 1 aliphatic carbocycles. The molecule has 5 nitrogen and oxygen atoms in total. The molecule has 1 unspecified atom stereocenters. The summed E-state index contributed by atoms with van der Waals surface area (Å²) in [6.07, 6.45) is 3.85. The number of carbonyl (C=O) groups excluding carboxylic acids is 1. The van der Waals surface area contributed by atoms with Crippen LogP contribution in [-0.4, -0.2) is 37.8 Å². The Morgan fingerprint density at radius 3 is 2.95 bits per heavy atom. The zero-order valence-electron chi connectivity index (χ0n) is 12.1. The van der Waals surface area contributed by atoms with Crippen molar-refractivity contribution in [3.63, 3.8) is 0 Å². The lowest BCUT2D eigenvalue weighted by atomic mass is 9.96. The number of amides is 1. The van der Waals surface area contributed by atoms with Crippen molar-refractivity contribution in [1.82, 2.24) is 10.6 Å². The smallest absolute Gasteiger partial charge is 0.239 e. The van der Waals surface area contributed by atoms with Gasteiger partial charge >= 0.3 is 0 Å². The Balaban J connectivity index is 1.55. The van der Waals surface area contributed by atoms with E-state index in [2.05, 4.69) is 10.6 Å². The number of morpholine rings is 1. The van der Waals surface area contributed by atoms with Gasteiger partial charge in [0, 0.05) is 18.7 Å². The maximum atomic E-state index is 12.1. The quantitative estimate of drug-likeness (QED) is 0.856. The summed E-state index contributed by atoms with van der Waals surface area (Å²) >= 11 is 0. The molecule has 1 amide bonds. The van der Waals surface area contributed by atoms with Gasteiger partial charge in [-0.15, -0.1) is 0 Å². The molecule has 2 N–H and O–H groups in total. The van der Waals surface area contributed by atoms with Crippen molar-refractivity contribution in [2.45, 2.75) is 38.0 Å². The fourth-order valence-corrected chi connectivity index (χ4v) is 2.47. The van der Waals surface area contributed by atoms with Gasteiger partial charge in [0.05, 0.1) is 19.3 Å². The highest BCUT2D eigenvalue weighted by Gasteiger charge is 2.22. The average molecular weight is 290 g/mol. The second-order valence-corrected chi connectivity index (χ2v) is 5.58. The zero-order valence-corrected chi connectivity index (χ0v) is 12.1. The second kappa shape index (κ2) is 6.91. The molecule has 114 valence electrons. The van der Waals surface area contributed by atoms with Crippen LogP contribution in [0.15, 0.2) is 24.3 Å². The van der Waals surface area contributed by atoms with Crippen LogP contribution in [0.3, 0.4) is 0 Å². The number of ether oxygens (including phenoxy) is 2. The molecular formula is C16H22N2O3. The van der Waals surface area contributed by atoms with Crippen LogP contribution < -0.4 is 15.4 Å². The van der Waals surface area contributed by atoms with Crippen LogP contribution in [0.4, 0.5) is 0 Å². The van der Waals surface area contributed by atoms with Crippen molar-refractivity contribution in [3.05, 3.63) is 29.8 Å². The van der Waals surface area contributed by atoms with Crippen LogP contribution in [0.5, 0.6) is 5.75 Å². The molecule has 21 heavy (non-hydrogen) atoms. The summed E-state index contributed by atoms with van der Waals surface area (Å²) in [6.45, 7) is 2.31. The third kappa shape index (κ3) is 3.74. The van der Waals surface area contributed by atoms with E-state index in [0.717, 1.165) is 30.7 Å². The molecule has 2 fully saturated rings. The Labute approximate surface area is 125 Å². The highest BCUT2D eigenvalue weighted by molar-refractivity contribution is 5.82. The standard InChI is InChI=1S/C16H22N2O3/c19-16(14-11-20-9-8-17-14)18-10-12-4-1-2-7-15(12)21-13-5-3-6-13/h1-2,4,7,13-14,17H,3,5-6,8-11H2,(H,18,19). The minimum Gasteiger partial charge on any atom is -0.490 e. The molecule has 0 radical (unpaired) electrons. The van der Waals surface area contributed by atoms with Crippen molar-refractivity contribution < 1.29 is 14.3 Å². The van der Waals surface area contributed by atoms with E-state index in [-0.39, 0.29) is 11.9 Å². The number of rotatable bonds is 5. The van der Waals surface area contributed by atoms with Crippen molar-refractivity contribution >= 4 is 5.91 Å². The predicted molar refractivity (Wildman–Crippen MR) is 79.2 cm³/mol. The van der Waals surface area contributed by atoms with E-state index in [1.54, 1.807) is 0 Å². The summed E-state index contributed by atoms with van der Waals surface area (Å²) in [5.41, 5.74) is 1.02. The van der Waals surface area contributed by atoms with Crippen LogP contribution in [-0.2, 0) is 16.1 Å². The molecule has 1 aliphatic heterocycles. The van der Waals surface area contributed by atoms with E-state index in [4.69, 9.17) is 9.47 Å². The first kappa shape index (κ1) is 14.4. The molecule has 1 aromatic carbocycles. The molecule has 0 aromatic heterocycles. The highest BCUT2D eigenvalue weighted by atomic mass is 16.5. The van der Waals surface area contributed by atoms with E-state index in [1.807, 2.05) is 24.3 Å². The van der Waals surface area contributed by atoms with Crippen LogP contribution >= 0.6 is 0 Å². The molecule has 3 rings (SSSR count). The van der Waals surface area contributed by atoms with Crippen LogP contribution in [0.2, 0.25) is 0 Å². The first-order valence-corrected chi connectivity index (χ1v) is 7.66. The lowest BCUT2D eigenvalue weighted by Gasteiger charge is -2.27. The minimum absolute atomic E-state index is 0.0202. The summed E-state index contributed by atoms with van der Waals surface area (Å²) in [7, 11) is 0. The van der Waals surface area contributed by atoms with Crippen molar-refractivity contribution in [1.29, 1.82) is 0 Å². The Morgan fingerprint density at radius 1 is 1.38 bits per heavy atom. The third-order valence-corrected chi connectivity index (χ3v) is 4.01. The molecule has 5 heteroatoms. The van der Waals surface area contributed by atoms with Crippen molar-refractivity contribution in [3.8, 4) is 5.75 Å². The molecule has 0 spiro atoms. The average Bonchev–Trinajstić information content (AvgIpc) is 2.50. The van der Waals surface area contributed by atoms with Gasteiger partial charge in [-0.1, -0.05) is 18.2 Å². The van der Waals surface area contributed by atoms with Gasteiger partial charge in [0.15, 0.2) is 0 Å². The number of benzene rings is 1. The predicted octanol–water partition coefficient (Wildman–Crippen LogP) is 1.22. The van der Waals surface area contributed by atoms with E-state index >= 15 is 0 Å². The normalized spacial score (nSPS) is 22.4. The number of nitrogens with one attached hydrogen (secondary N) is 2. The summed E-state index contributed by atoms with van der Waals surface area (Å²) in [6, 6.07) is 7.66. The lowest BCUT2D eigenvalue weighted by Crippen LogP contribution is -2.51. The van der Waals surface area contributed by atoms with Gasteiger partial charge < -0.3 is 20.1 Å². The summed E-state index contributed by atoms with van der Waals surface area (Å²) in [4.78, 5) is 12.1. The van der Waals surface area contributed by atoms with Gasteiger partial charge in [0.25, 0.3) is 0 Å². The third-order valence-electron chi connectivity index (χ3n) is 4.01. The number of carbonyl (C=O) groups is 1. The maximum Gasteiger partial charge on any atom is 0.239 e. The number of hydrogen-bond donors (Lipinski definition) is 2. The molecule has 1 aromatic rings. The molecule has 1 atom stereocenters. The van der Waals surface area contributed by atoms with Gasteiger partial charge in [-0.25, -0.2) is 0 Å². The largest absolute Gasteiger partial charge is 0.490 e. The van der Waals surface area contributed by atoms with Gasteiger partial charge in [-0.05, 0) is 25.3 Å². The van der Waals surface area contributed by atoms with E-state index in [0.29, 0.717) is 25.9 Å². The molecular weight excluding hydrogens is 268 g/mol. The zero-order chi connectivity index (χ0) is 14.5. The van der Waals surface area contributed by atoms with Crippen LogP contribution in [0, 0.1) is 0 Å². The van der Waals surface area contributed by atoms with Crippen molar-refractivity contribution in [2.75, 3.05) is 19.8 Å². The first-order chi connectivity index (χ1) is 10.3. The lowest BCUT2D eigenvalue weighted by molar-refractivity contribution is -0.126. The first-order valence-electron chi connectivity index (χ1n) is 7.66. The summed E-state index contributed by atoms with van der Waals surface area (Å²) in [5.74, 6) is 0.864. The number of para-hydroxylation sites is 1. The fourth-order valence-electron chi connectivity index (χ4n) is 2.47. The summed E-state index contributed by atoms with van der Waals surface area (Å²) < 4.78 is 11.3. The molecule has 2 aliphatic rings. The van der Waals surface area contributed by atoms with Crippen molar-refractivity contribution in [2.24, 2.45) is 0 Å². The molecule has 0 bridgehead atoms. The fraction of sp³-hybridized carbons (Fsp3) is 0.562. The maximum absolute atomic E-state index is 12.1. The van der Waals surface area contributed by atoms with Gasteiger partial charge in [0.1, 0.15) is 11.8 Å². The van der Waals surface area contributed by atoms with Gasteiger partial charge in [-0.3, -0.25) is 4.79 Å². The Bertz CT molecular complexity index is 482. The molecule has 1 heterocycles. The molecule has 1 saturated heterocycles. The molecule has 1 saturated carbocycles. The van der Waals surface area contributed by atoms with E-state index in [9.17, 15) is 4.79 Å². The minimum atomic E-state index is -0.251. The van der Waals surface area contributed by atoms with Crippen LogP contribution in [0.25, 0.3) is 0 Å².